The van der Waals surface area contributed by atoms with Crippen LogP contribution in [0, 0.1) is 5.92 Å². The summed E-state index contributed by atoms with van der Waals surface area (Å²) in [5, 5.41) is 10.2. The molecule has 2 aromatic carbocycles. The van der Waals surface area contributed by atoms with E-state index in [1.165, 1.54) is 10.4 Å². The maximum absolute atomic E-state index is 11.0. The number of nitrogens with one attached hydrogen (secondary N) is 1. The first-order valence-electron chi connectivity index (χ1n) is 12.7. The highest BCUT2D eigenvalue weighted by Gasteiger charge is 2.50. The molecule has 0 spiro atoms. The van der Waals surface area contributed by atoms with E-state index in [0.717, 1.165) is 49.2 Å². The van der Waals surface area contributed by atoms with Crippen LogP contribution in [0.5, 0.6) is 0 Å². The molecule has 1 aliphatic rings. The predicted octanol–water partition coefficient (Wildman–Crippen LogP) is 4.95. The summed E-state index contributed by atoms with van der Waals surface area (Å²) in [6.07, 6.45) is 5.53. The van der Waals surface area contributed by atoms with Crippen molar-refractivity contribution < 1.29 is 9.22 Å². The number of hydrogen-bond acceptors (Lipinski definition) is 4. The number of carbonyl (C=O) groups excluding carboxylic acids is 1. The van der Waals surface area contributed by atoms with E-state index in [1.54, 1.807) is 0 Å². The van der Waals surface area contributed by atoms with Crippen LogP contribution >= 0.6 is 0 Å². The second-order valence-electron chi connectivity index (χ2n) is 10.6. The molecule has 1 aliphatic carbocycles. The Labute approximate surface area is 210 Å². The standard InChI is InChI=1S/C29H37N3O2Si/c1-22(21-33)23-15-17-24(18-16-23)28-30-27(31-32-28)19-20-34-35(29(2,3)4,25-11-7-5-8-12-25)26-13-9-6-10-14-26/h5-14,21,23-24H,1,15-20H2,2-4H3,(H,30,31,32). The first kappa shape index (κ1) is 25.3. The fraction of sp³-hybridized carbons (Fsp3) is 0.414. The second-order valence-corrected chi connectivity index (χ2v) is 14.9. The molecule has 0 amide bonds. The van der Waals surface area contributed by atoms with Gasteiger partial charge in [0.05, 0.1) is 0 Å². The third-order valence-electron chi connectivity index (χ3n) is 7.39. The Morgan fingerprint density at radius 1 is 1.03 bits per heavy atom. The van der Waals surface area contributed by atoms with Crippen molar-refractivity contribution in [3.05, 3.63) is 84.5 Å². The van der Waals surface area contributed by atoms with E-state index in [4.69, 9.17) is 9.41 Å². The van der Waals surface area contributed by atoms with Crippen LogP contribution in [0.3, 0.4) is 0 Å². The van der Waals surface area contributed by atoms with Crippen LogP contribution in [0.1, 0.15) is 64.0 Å². The van der Waals surface area contributed by atoms with Gasteiger partial charge in [0.1, 0.15) is 12.1 Å². The van der Waals surface area contributed by atoms with E-state index in [1.807, 2.05) is 0 Å². The summed E-state index contributed by atoms with van der Waals surface area (Å²) < 4.78 is 6.99. The molecule has 0 aliphatic heterocycles. The monoisotopic (exact) mass is 487 g/mol. The first-order valence-corrected chi connectivity index (χ1v) is 14.6. The largest absolute Gasteiger partial charge is 0.407 e. The van der Waals surface area contributed by atoms with Crippen molar-refractivity contribution in [1.82, 2.24) is 15.2 Å². The van der Waals surface area contributed by atoms with Crippen LogP contribution in [-0.4, -0.2) is 36.4 Å². The van der Waals surface area contributed by atoms with E-state index in [9.17, 15) is 4.79 Å². The second kappa shape index (κ2) is 10.8. The van der Waals surface area contributed by atoms with Crippen molar-refractivity contribution in [3.8, 4) is 0 Å². The summed E-state index contributed by atoms with van der Waals surface area (Å²) in [6.45, 7) is 11.4. The lowest BCUT2D eigenvalue weighted by Crippen LogP contribution is -2.66. The van der Waals surface area contributed by atoms with Crippen LogP contribution in [0.25, 0.3) is 0 Å². The minimum absolute atomic E-state index is 0.0492. The Morgan fingerprint density at radius 2 is 1.60 bits per heavy atom. The van der Waals surface area contributed by atoms with E-state index < -0.39 is 8.32 Å². The van der Waals surface area contributed by atoms with Crippen molar-refractivity contribution in [2.45, 2.75) is 63.8 Å². The summed E-state index contributed by atoms with van der Waals surface area (Å²) in [7, 11) is -2.55. The van der Waals surface area contributed by atoms with Gasteiger partial charge in [0, 0.05) is 18.9 Å². The minimum atomic E-state index is -2.55. The number of rotatable bonds is 9. The Balaban J connectivity index is 1.48. The number of allylic oxidation sites excluding steroid dienone is 1. The summed E-state index contributed by atoms with van der Waals surface area (Å²) in [5.41, 5.74) is 0.722. The topological polar surface area (TPSA) is 67.9 Å². The smallest absolute Gasteiger partial charge is 0.261 e. The van der Waals surface area contributed by atoms with Gasteiger partial charge in [-0.25, -0.2) is 4.98 Å². The summed E-state index contributed by atoms with van der Waals surface area (Å²) in [6, 6.07) is 21.4. The Kier molecular flexibility index (Phi) is 7.82. The molecule has 1 fully saturated rings. The molecule has 35 heavy (non-hydrogen) atoms. The number of benzene rings is 2. The molecule has 1 N–H and O–H groups in total. The fourth-order valence-electron chi connectivity index (χ4n) is 5.49. The van der Waals surface area contributed by atoms with Crippen molar-refractivity contribution >= 4 is 25.0 Å². The zero-order valence-electron chi connectivity index (χ0n) is 21.2. The van der Waals surface area contributed by atoms with Gasteiger partial charge in [-0.3, -0.25) is 9.89 Å². The zero-order valence-corrected chi connectivity index (χ0v) is 22.2. The summed E-state index contributed by atoms with van der Waals surface area (Å²) in [5.74, 6) is 2.41. The third kappa shape index (κ3) is 5.39. The van der Waals surface area contributed by atoms with Crippen molar-refractivity contribution in [2.24, 2.45) is 5.92 Å². The minimum Gasteiger partial charge on any atom is -0.407 e. The lowest BCUT2D eigenvalue weighted by molar-refractivity contribution is -0.105. The van der Waals surface area contributed by atoms with Crippen LogP contribution in [0.15, 0.2) is 72.8 Å². The van der Waals surface area contributed by atoms with E-state index in [2.05, 4.69) is 98.2 Å². The number of aromatic nitrogens is 3. The quantitative estimate of drug-likeness (QED) is 0.263. The molecular weight excluding hydrogens is 450 g/mol. The molecule has 1 heterocycles. The van der Waals surface area contributed by atoms with Crippen LogP contribution < -0.4 is 10.4 Å². The molecule has 0 radical (unpaired) electrons. The van der Waals surface area contributed by atoms with Gasteiger partial charge < -0.3 is 4.43 Å². The molecule has 184 valence electrons. The SMILES string of the molecule is C=C(C=O)C1CCC(c2n[nH]c(CCO[Si](c3ccccc3)(c3ccccc3)C(C)(C)C)n2)CC1. The first-order chi connectivity index (χ1) is 16.8. The van der Waals surface area contributed by atoms with Crippen LogP contribution in [0.2, 0.25) is 5.04 Å². The fourth-order valence-corrected chi connectivity index (χ4v) is 10.0. The van der Waals surface area contributed by atoms with Gasteiger partial charge in [0.15, 0.2) is 5.82 Å². The molecule has 0 unspecified atom stereocenters. The van der Waals surface area contributed by atoms with Crippen LogP contribution in [-0.2, 0) is 15.6 Å². The van der Waals surface area contributed by atoms with Gasteiger partial charge in [0.2, 0.25) is 0 Å². The van der Waals surface area contributed by atoms with E-state index in [-0.39, 0.29) is 5.04 Å². The molecule has 0 saturated heterocycles. The van der Waals surface area contributed by atoms with Gasteiger partial charge >= 0.3 is 0 Å². The number of aldehydes is 1. The van der Waals surface area contributed by atoms with Crippen molar-refractivity contribution in [1.29, 1.82) is 0 Å². The maximum Gasteiger partial charge on any atom is 0.261 e. The number of hydrogen-bond donors (Lipinski definition) is 1. The lowest BCUT2D eigenvalue weighted by Gasteiger charge is -2.43. The number of H-pyrrole nitrogens is 1. The van der Waals surface area contributed by atoms with Crippen molar-refractivity contribution in [2.75, 3.05) is 6.61 Å². The molecule has 1 saturated carbocycles. The lowest BCUT2D eigenvalue weighted by atomic mass is 9.79. The Bertz CT molecular complexity index is 1070. The van der Waals surface area contributed by atoms with E-state index >= 15 is 0 Å². The van der Waals surface area contributed by atoms with Gasteiger partial charge in [-0.2, -0.15) is 5.10 Å². The average Bonchev–Trinajstić information content (AvgIpc) is 3.35. The number of aromatic amines is 1. The highest BCUT2D eigenvalue weighted by Crippen LogP contribution is 2.38. The Morgan fingerprint density at radius 3 is 2.11 bits per heavy atom. The molecule has 1 aromatic heterocycles. The molecular formula is C29H37N3O2Si. The molecule has 0 bridgehead atoms. The summed E-state index contributed by atoms with van der Waals surface area (Å²) in [4.78, 5) is 15.9. The maximum atomic E-state index is 11.0. The van der Waals surface area contributed by atoms with Gasteiger partial charge in [-0.1, -0.05) is 88.0 Å². The zero-order chi connectivity index (χ0) is 24.9. The normalized spacial score (nSPS) is 18.8. The van der Waals surface area contributed by atoms with Gasteiger partial charge in [0.25, 0.3) is 8.32 Å². The molecule has 3 aromatic rings. The number of nitrogens with zero attached hydrogens (tertiary/aromatic N) is 2. The van der Waals surface area contributed by atoms with Crippen molar-refractivity contribution in [3.63, 3.8) is 0 Å². The van der Waals surface area contributed by atoms with Gasteiger partial charge in [-0.15, -0.1) is 0 Å². The van der Waals surface area contributed by atoms with Gasteiger partial charge in [-0.05, 0) is 52.6 Å². The average molecular weight is 488 g/mol. The highest BCUT2D eigenvalue weighted by atomic mass is 28.4. The third-order valence-corrected chi connectivity index (χ3v) is 12.4. The molecule has 5 nitrogen and oxygen atoms in total. The molecule has 6 heteroatoms. The highest BCUT2D eigenvalue weighted by molar-refractivity contribution is 6.99. The van der Waals surface area contributed by atoms with E-state index in [0.29, 0.717) is 24.9 Å². The molecule has 0 atom stereocenters. The number of carbonyl (C=O) groups is 1. The predicted molar refractivity (Wildman–Crippen MR) is 144 cm³/mol. The Hall–Kier alpha value is -2.83. The van der Waals surface area contributed by atoms with Crippen LogP contribution in [0.4, 0.5) is 0 Å². The summed E-state index contributed by atoms with van der Waals surface area (Å²) >= 11 is 0. The molecule has 4 rings (SSSR count).